The number of fused-ring (bicyclic) bond motifs is 1. The molecule has 1 aromatic carbocycles. The first kappa shape index (κ1) is 15.8. The van der Waals surface area contributed by atoms with Gasteiger partial charge in [-0.2, -0.15) is 10.2 Å². The number of nitrogens with zero attached hydrogens (tertiary/aromatic N) is 3. The summed E-state index contributed by atoms with van der Waals surface area (Å²) in [5.74, 6) is 0.00179. The summed E-state index contributed by atoms with van der Waals surface area (Å²) in [4.78, 5) is 12.5. The number of rotatable bonds is 5. The van der Waals surface area contributed by atoms with E-state index in [9.17, 15) is 4.79 Å². The Kier molecular flexibility index (Phi) is 4.23. The van der Waals surface area contributed by atoms with Crippen LogP contribution in [0.2, 0.25) is 0 Å². The van der Waals surface area contributed by atoms with Crippen LogP contribution < -0.4 is 5.32 Å². The van der Waals surface area contributed by atoms with Gasteiger partial charge in [0.05, 0.1) is 29.9 Å². The molecule has 4 rings (SSSR count). The SMILES string of the molecule is CCn1nccc1[C@H]1OCC[C@@H]1NC(=O)Cc1ccc2cn[nH]c2c1. The number of aromatic nitrogens is 4. The number of benzene rings is 1. The van der Waals surface area contributed by atoms with E-state index < -0.39 is 0 Å². The number of hydrogen-bond acceptors (Lipinski definition) is 4. The van der Waals surface area contributed by atoms with Crippen LogP contribution in [0, 0.1) is 0 Å². The highest BCUT2D eigenvalue weighted by molar-refractivity contribution is 5.83. The van der Waals surface area contributed by atoms with Crippen LogP contribution in [0.25, 0.3) is 10.9 Å². The molecule has 0 bridgehead atoms. The summed E-state index contributed by atoms with van der Waals surface area (Å²) >= 11 is 0. The molecule has 0 aliphatic carbocycles. The maximum absolute atomic E-state index is 12.5. The van der Waals surface area contributed by atoms with Crippen molar-refractivity contribution in [3.8, 4) is 0 Å². The summed E-state index contributed by atoms with van der Waals surface area (Å²) in [6.45, 7) is 3.47. The van der Waals surface area contributed by atoms with Crippen molar-refractivity contribution in [2.24, 2.45) is 0 Å². The third-order valence-electron chi connectivity index (χ3n) is 4.65. The van der Waals surface area contributed by atoms with E-state index in [1.165, 1.54) is 0 Å². The fraction of sp³-hybridized carbons (Fsp3) is 0.389. The molecule has 0 saturated carbocycles. The maximum atomic E-state index is 12.5. The van der Waals surface area contributed by atoms with Crippen LogP contribution in [0.5, 0.6) is 0 Å². The van der Waals surface area contributed by atoms with Crippen molar-refractivity contribution >= 4 is 16.8 Å². The van der Waals surface area contributed by atoms with Gasteiger partial charge < -0.3 is 10.1 Å². The van der Waals surface area contributed by atoms with Gasteiger partial charge in [0, 0.05) is 24.7 Å². The Morgan fingerprint density at radius 2 is 2.36 bits per heavy atom. The van der Waals surface area contributed by atoms with Gasteiger partial charge in [-0.1, -0.05) is 12.1 Å². The molecule has 1 saturated heterocycles. The summed E-state index contributed by atoms with van der Waals surface area (Å²) in [7, 11) is 0. The van der Waals surface area contributed by atoms with E-state index >= 15 is 0 Å². The van der Waals surface area contributed by atoms with Crippen molar-refractivity contribution in [2.75, 3.05) is 6.61 Å². The molecule has 0 radical (unpaired) electrons. The molecule has 130 valence electrons. The Balaban J connectivity index is 1.44. The van der Waals surface area contributed by atoms with Gasteiger partial charge in [-0.25, -0.2) is 0 Å². The van der Waals surface area contributed by atoms with E-state index in [1.807, 2.05) is 35.9 Å². The molecule has 1 amide bonds. The second kappa shape index (κ2) is 6.68. The summed E-state index contributed by atoms with van der Waals surface area (Å²) < 4.78 is 7.78. The lowest BCUT2D eigenvalue weighted by atomic mass is 10.1. The lowest BCUT2D eigenvalue weighted by molar-refractivity contribution is -0.121. The minimum atomic E-state index is -0.138. The van der Waals surface area contributed by atoms with Crippen LogP contribution in [0.15, 0.2) is 36.7 Å². The van der Waals surface area contributed by atoms with E-state index in [0.29, 0.717) is 13.0 Å². The highest BCUT2D eigenvalue weighted by Crippen LogP contribution is 2.29. The molecule has 0 spiro atoms. The van der Waals surface area contributed by atoms with Crippen molar-refractivity contribution in [3.05, 3.63) is 47.9 Å². The van der Waals surface area contributed by atoms with E-state index in [4.69, 9.17) is 4.74 Å². The summed E-state index contributed by atoms with van der Waals surface area (Å²) in [6, 6.07) is 7.85. The minimum absolute atomic E-state index is 0.00179. The predicted octanol–water partition coefficient (Wildman–Crippen LogP) is 1.97. The molecule has 2 N–H and O–H groups in total. The summed E-state index contributed by atoms with van der Waals surface area (Å²) in [5, 5.41) is 15.4. The van der Waals surface area contributed by atoms with Crippen molar-refractivity contribution < 1.29 is 9.53 Å². The molecule has 25 heavy (non-hydrogen) atoms. The molecule has 3 aromatic rings. The lowest BCUT2D eigenvalue weighted by Gasteiger charge is -2.20. The molecule has 2 atom stereocenters. The van der Waals surface area contributed by atoms with Crippen molar-refractivity contribution in [3.63, 3.8) is 0 Å². The highest BCUT2D eigenvalue weighted by atomic mass is 16.5. The average Bonchev–Trinajstić information content (AvgIpc) is 3.33. The third kappa shape index (κ3) is 3.15. The Hall–Kier alpha value is -2.67. The van der Waals surface area contributed by atoms with E-state index in [0.717, 1.165) is 35.1 Å². The van der Waals surface area contributed by atoms with Crippen LogP contribution >= 0.6 is 0 Å². The molecular formula is C18H21N5O2. The largest absolute Gasteiger partial charge is 0.370 e. The van der Waals surface area contributed by atoms with Crippen LogP contribution in [-0.2, 0) is 22.5 Å². The number of aromatic amines is 1. The Bertz CT molecular complexity index is 884. The number of carbonyl (C=O) groups is 1. The van der Waals surface area contributed by atoms with Crippen molar-refractivity contribution in [1.29, 1.82) is 0 Å². The zero-order chi connectivity index (χ0) is 17.2. The fourth-order valence-corrected chi connectivity index (χ4v) is 3.42. The van der Waals surface area contributed by atoms with Crippen LogP contribution in [-0.4, -0.2) is 38.5 Å². The first-order chi connectivity index (χ1) is 12.2. The van der Waals surface area contributed by atoms with Crippen molar-refractivity contribution in [1.82, 2.24) is 25.3 Å². The topological polar surface area (TPSA) is 84.8 Å². The zero-order valence-corrected chi connectivity index (χ0v) is 14.1. The standard InChI is InChI=1S/C18H21N5O2/c1-2-23-16(5-7-20-23)18-14(6-8-25-18)21-17(24)10-12-3-4-13-11-19-22-15(13)9-12/h3-5,7,9,11,14,18H,2,6,8,10H2,1H3,(H,19,22)(H,21,24)/t14-,18-/m0/s1. The average molecular weight is 339 g/mol. The number of H-pyrrole nitrogens is 1. The quantitative estimate of drug-likeness (QED) is 0.744. The predicted molar refractivity (Wildman–Crippen MR) is 92.9 cm³/mol. The second-order valence-electron chi connectivity index (χ2n) is 6.29. The maximum Gasteiger partial charge on any atom is 0.224 e. The lowest BCUT2D eigenvalue weighted by Crippen LogP contribution is -2.38. The molecule has 1 fully saturated rings. The van der Waals surface area contributed by atoms with Crippen LogP contribution in [0.4, 0.5) is 0 Å². The molecule has 7 heteroatoms. The first-order valence-electron chi connectivity index (χ1n) is 8.59. The Morgan fingerprint density at radius 3 is 3.24 bits per heavy atom. The number of ether oxygens (including phenoxy) is 1. The number of aryl methyl sites for hydroxylation is 1. The van der Waals surface area contributed by atoms with Crippen LogP contribution in [0.1, 0.15) is 30.7 Å². The molecular weight excluding hydrogens is 318 g/mol. The smallest absolute Gasteiger partial charge is 0.224 e. The van der Waals surface area contributed by atoms with Gasteiger partial charge in [0.1, 0.15) is 6.10 Å². The van der Waals surface area contributed by atoms with Gasteiger partial charge in [0.15, 0.2) is 0 Å². The summed E-state index contributed by atoms with van der Waals surface area (Å²) in [6.07, 6.45) is 4.56. The Labute approximate surface area is 145 Å². The zero-order valence-electron chi connectivity index (χ0n) is 14.1. The van der Waals surface area contributed by atoms with E-state index in [1.54, 1.807) is 12.4 Å². The highest BCUT2D eigenvalue weighted by Gasteiger charge is 2.32. The molecule has 1 aliphatic heterocycles. The summed E-state index contributed by atoms with van der Waals surface area (Å²) in [5.41, 5.74) is 2.92. The first-order valence-corrected chi connectivity index (χ1v) is 8.59. The van der Waals surface area contributed by atoms with Gasteiger partial charge in [0.2, 0.25) is 5.91 Å². The molecule has 3 heterocycles. The van der Waals surface area contributed by atoms with Gasteiger partial charge in [0.25, 0.3) is 0 Å². The minimum Gasteiger partial charge on any atom is -0.370 e. The van der Waals surface area contributed by atoms with Crippen molar-refractivity contribution in [2.45, 2.75) is 38.5 Å². The number of amides is 1. The van der Waals surface area contributed by atoms with E-state index in [2.05, 4.69) is 20.6 Å². The third-order valence-corrected chi connectivity index (χ3v) is 4.65. The molecule has 2 aromatic heterocycles. The molecule has 0 unspecified atom stereocenters. The van der Waals surface area contributed by atoms with Crippen LogP contribution in [0.3, 0.4) is 0 Å². The fourth-order valence-electron chi connectivity index (χ4n) is 3.42. The van der Waals surface area contributed by atoms with Gasteiger partial charge >= 0.3 is 0 Å². The van der Waals surface area contributed by atoms with E-state index in [-0.39, 0.29) is 18.1 Å². The number of nitrogens with one attached hydrogen (secondary N) is 2. The van der Waals surface area contributed by atoms with Gasteiger partial charge in [-0.3, -0.25) is 14.6 Å². The van der Waals surface area contributed by atoms with Gasteiger partial charge in [-0.15, -0.1) is 0 Å². The molecule has 7 nitrogen and oxygen atoms in total. The van der Waals surface area contributed by atoms with Gasteiger partial charge in [-0.05, 0) is 31.0 Å². The normalized spacial score (nSPS) is 20.2. The number of carbonyl (C=O) groups excluding carboxylic acids is 1. The molecule has 1 aliphatic rings. The monoisotopic (exact) mass is 339 g/mol. The second-order valence-corrected chi connectivity index (χ2v) is 6.29. The number of hydrogen-bond donors (Lipinski definition) is 2. The Morgan fingerprint density at radius 1 is 1.44 bits per heavy atom.